The quantitative estimate of drug-likeness (QED) is 0.568. The molecular weight excluding hydrogens is 262 g/mol. The fourth-order valence-corrected chi connectivity index (χ4v) is 2.00. The monoisotopic (exact) mass is 283 g/mol. The molecule has 0 saturated carbocycles. The van der Waals surface area contributed by atoms with E-state index in [9.17, 15) is 4.79 Å². The van der Waals surface area contributed by atoms with E-state index in [-0.39, 0.29) is 5.78 Å². The van der Waals surface area contributed by atoms with Gasteiger partial charge >= 0.3 is 0 Å². The maximum absolute atomic E-state index is 11.8. The van der Waals surface area contributed by atoms with Crippen molar-refractivity contribution in [3.63, 3.8) is 0 Å². The molecule has 110 valence electrons. The third-order valence-electron chi connectivity index (χ3n) is 3.16. The van der Waals surface area contributed by atoms with E-state index in [4.69, 9.17) is 4.74 Å². The third-order valence-corrected chi connectivity index (χ3v) is 3.16. The van der Waals surface area contributed by atoms with Crippen molar-refractivity contribution in [2.24, 2.45) is 0 Å². The minimum Gasteiger partial charge on any atom is -0.375 e. The van der Waals surface area contributed by atoms with E-state index in [1.807, 2.05) is 60.7 Å². The van der Waals surface area contributed by atoms with Crippen LogP contribution in [0, 0.1) is 0 Å². The number of ketones is 1. The van der Waals surface area contributed by atoms with E-state index in [2.05, 4.69) is 5.32 Å². The summed E-state index contributed by atoms with van der Waals surface area (Å²) in [5.74, 6) is 0.174. The second-order valence-corrected chi connectivity index (χ2v) is 4.83. The summed E-state index contributed by atoms with van der Waals surface area (Å²) >= 11 is 0. The molecule has 3 heteroatoms. The highest BCUT2D eigenvalue weighted by Gasteiger charge is 2.03. The molecule has 0 radical (unpaired) electrons. The largest absolute Gasteiger partial charge is 0.375 e. The summed E-state index contributed by atoms with van der Waals surface area (Å²) in [6.07, 6.45) is 0.517. The molecule has 2 aromatic rings. The summed E-state index contributed by atoms with van der Waals surface area (Å²) in [5, 5.41) is 3.23. The first-order valence-electron chi connectivity index (χ1n) is 7.27. The lowest BCUT2D eigenvalue weighted by atomic mass is 10.1. The second-order valence-electron chi connectivity index (χ2n) is 4.83. The second kappa shape index (κ2) is 9.06. The highest BCUT2D eigenvalue weighted by molar-refractivity contribution is 5.96. The molecule has 21 heavy (non-hydrogen) atoms. The number of benzene rings is 2. The number of carbonyl (C=O) groups is 1. The van der Waals surface area contributed by atoms with E-state index in [0.29, 0.717) is 26.2 Å². The van der Waals surface area contributed by atoms with Crippen LogP contribution in [0.15, 0.2) is 60.7 Å². The van der Waals surface area contributed by atoms with Crippen LogP contribution < -0.4 is 5.32 Å². The van der Waals surface area contributed by atoms with Gasteiger partial charge in [0, 0.05) is 25.1 Å². The van der Waals surface area contributed by atoms with Crippen LogP contribution in [0.5, 0.6) is 0 Å². The van der Waals surface area contributed by atoms with Gasteiger partial charge < -0.3 is 10.1 Å². The first kappa shape index (κ1) is 15.4. The average Bonchev–Trinajstić information content (AvgIpc) is 2.55. The summed E-state index contributed by atoms with van der Waals surface area (Å²) in [4.78, 5) is 11.8. The van der Waals surface area contributed by atoms with Crippen LogP contribution in [-0.4, -0.2) is 25.5 Å². The van der Waals surface area contributed by atoms with Gasteiger partial charge in [0.25, 0.3) is 0 Å². The molecule has 0 unspecified atom stereocenters. The van der Waals surface area contributed by atoms with E-state index in [1.165, 1.54) is 5.56 Å². The van der Waals surface area contributed by atoms with Crippen molar-refractivity contribution in [1.82, 2.24) is 5.32 Å². The lowest BCUT2D eigenvalue weighted by Gasteiger charge is -2.06. The van der Waals surface area contributed by atoms with E-state index in [0.717, 1.165) is 12.1 Å². The Kier molecular flexibility index (Phi) is 6.65. The van der Waals surface area contributed by atoms with Gasteiger partial charge in [0.1, 0.15) is 0 Å². The average molecular weight is 283 g/mol. The molecule has 0 aliphatic carbocycles. The number of carbonyl (C=O) groups excluding carboxylic acids is 1. The fraction of sp³-hybridized carbons (Fsp3) is 0.278. The number of hydrogen-bond donors (Lipinski definition) is 1. The lowest BCUT2D eigenvalue weighted by molar-refractivity contribution is 0.0977. The zero-order valence-corrected chi connectivity index (χ0v) is 12.1. The van der Waals surface area contributed by atoms with E-state index < -0.39 is 0 Å². The molecule has 3 nitrogen and oxygen atoms in total. The van der Waals surface area contributed by atoms with Crippen LogP contribution in [0.4, 0.5) is 0 Å². The van der Waals surface area contributed by atoms with Crippen molar-refractivity contribution < 1.29 is 9.53 Å². The summed E-state index contributed by atoms with van der Waals surface area (Å²) in [5.41, 5.74) is 1.95. The van der Waals surface area contributed by atoms with Gasteiger partial charge in [-0.2, -0.15) is 0 Å². The Balaban J connectivity index is 1.51. The summed E-state index contributed by atoms with van der Waals surface area (Å²) in [7, 11) is 0. The third kappa shape index (κ3) is 5.90. The zero-order chi connectivity index (χ0) is 14.8. The molecule has 0 amide bonds. The highest BCUT2D eigenvalue weighted by atomic mass is 16.5. The van der Waals surface area contributed by atoms with Crippen molar-refractivity contribution in [3.8, 4) is 0 Å². The van der Waals surface area contributed by atoms with Crippen LogP contribution in [0.1, 0.15) is 22.3 Å². The molecule has 0 aromatic heterocycles. The Hall–Kier alpha value is -1.97. The van der Waals surface area contributed by atoms with Crippen molar-refractivity contribution in [2.75, 3.05) is 19.7 Å². The van der Waals surface area contributed by atoms with Crippen LogP contribution >= 0.6 is 0 Å². The maximum atomic E-state index is 11.8. The van der Waals surface area contributed by atoms with Crippen molar-refractivity contribution >= 4 is 5.78 Å². The van der Waals surface area contributed by atoms with Crippen LogP contribution in [0.3, 0.4) is 0 Å². The minimum atomic E-state index is 0.174. The number of hydrogen-bond acceptors (Lipinski definition) is 3. The Bertz CT molecular complexity index is 525. The Morgan fingerprint density at radius 1 is 0.905 bits per heavy atom. The molecule has 2 aromatic carbocycles. The summed E-state index contributed by atoms with van der Waals surface area (Å²) in [6, 6.07) is 19.5. The Morgan fingerprint density at radius 3 is 2.29 bits per heavy atom. The van der Waals surface area contributed by atoms with Crippen molar-refractivity contribution in [1.29, 1.82) is 0 Å². The van der Waals surface area contributed by atoms with Gasteiger partial charge in [-0.25, -0.2) is 0 Å². The molecular formula is C18H21NO2. The van der Waals surface area contributed by atoms with E-state index in [1.54, 1.807) is 0 Å². The molecule has 1 N–H and O–H groups in total. The fourth-order valence-electron chi connectivity index (χ4n) is 2.00. The van der Waals surface area contributed by atoms with Crippen LogP contribution in [0.2, 0.25) is 0 Å². The molecule has 0 saturated heterocycles. The van der Waals surface area contributed by atoms with Gasteiger partial charge in [-0.05, 0) is 5.56 Å². The molecule has 0 spiro atoms. The Labute approximate surface area is 126 Å². The summed E-state index contributed by atoms with van der Waals surface area (Å²) < 4.78 is 5.56. The smallest absolute Gasteiger partial charge is 0.164 e. The molecule has 0 aliphatic heterocycles. The molecule has 2 rings (SSSR count). The minimum absolute atomic E-state index is 0.174. The van der Waals surface area contributed by atoms with Gasteiger partial charge in [-0.3, -0.25) is 4.79 Å². The van der Waals surface area contributed by atoms with Crippen LogP contribution in [0.25, 0.3) is 0 Å². The number of Topliss-reactive ketones (excluding diaryl/α,β-unsaturated/α-hetero) is 1. The molecule has 0 aliphatic rings. The maximum Gasteiger partial charge on any atom is 0.164 e. The Morgan fingerprint density at radius 2 is 1.57 bits per heavy atom. The first-order valence-corrected chi connectivity index (χ1v) is 7.27. The molecule has 0 bridgehead atoms. The number of ether oxygens (including phenoxy) is 1. The SMILES string of the molecule is O=C(CCNCCOCc1ccccc1)c1ccccc1. The van der Waals surface area contributed by atoms with Crippen molar-refractivity contribution in [2.45, 2.75) is 13.0 Å². The number of nitrogens with one attached hydrogen (secondary N) is 1. The van der Waals surface area contributed by atoms with Gasteiger partial charge in [-0.1, -0.05) is 60.7 Å². The topological polar surface area (TPSA) is 38.3 Å². The predicted octanol–water partition coefficient (Wildman–Crippen LogP) is 3.07. The van der Waals surface area contributed by atoms with Crippen molar-refractivity contribution in [3.05, 3.63) is 71.8 Å². The highest BCUT2D eigenvalue weighted by Crippen LogP contribution is 2.02. The first-order chi connectivity index (χ1) is 10.4. The molecule has 0 heterocycles. The van der Waals surface area contributed by atoms with E-state index >= 15 is 0 Å². The van der Waals surface area contributed by atoms with Gasteiger partial charge in [0.15, 0.2) is 5.78 Å². The standard InChI is InChI=1S/C18H21NO2/c20-18(17-9-5-2-6-10-17)11-12-19-13-14-21-15-16-7-3-1-4-8-16/h1-10,19H,11-15H2. The molecule has 0 fully saturated rings. The van der Waals surface area contributed by atoms with Crippen LogP contribution in [-0.2, 0) is 11.3 Å². The van der Waals surface area contributed by atoms with Gasteiger partial charge in [-0.15, -0.1) is 0 Å². The summed E-state index contributed by atoms with van der Waals surface area (Å²) in [6.45, 7) is 2.72. The molecule has 0 atom stereocenters. The van der Waals surface area contributed by atoms with Gasteiger partial charge in [0.2, 0.25) is 0 Å². The normalized spacial score (nSPS) is 10.5. The predicted molar refractivity (Wildman–Crippen MR) is 84.4 cm³/mol. The zero-order valence-electron chi connectivity index (χ0n) is 12.1. The lowest BCUT2D eigenvalue weighted by Crippen LogP contribution is -2.22. The number of rotatable bonds is 9. The van der Waals surface area contributed by atoms with Gasteiger partial charge in [0.05, 0.1) is 13.2 Å².